The largest absolute Gasteiger partial charge is 0.364 e. The molecule has 1 fully saturated rings. The smallest absolute Gasteiger partial charge is 0.271 e. The molecule has 1 amide bonds. The van der Waals surface area contributed by atoms with Crippen molar-refractivity contribution in [1.29, 1.82) is 0 Å². The second kappa shape index (κ2) is 7.10. The fourth-order valence-electron chi connectivity index (χ4n) is 3.13. The van der Waals surface area contributed by atoms with E-state index in [1.807, 2.05) is 7.05 Å². The average Bonchev–Trinajstić information content (AvgIpc) is 2.98. The summed E-state index contributed by atoms with van der Waals surface area (Å²) < 4.78 is 26.8. The van der Waals surface area contributed by atoms with Crippen LogP contribution in [-0.4, -0.2) is 47.7 Å². The minimum absolute atomic E-state index is 0.0324. The van der Waals surface area contributed by atoms with Crippen molar-refractivity contribution in [1.82, 2.24) is 20.4 Å². The van der Waals surface area contributed by atoms with Crippen LogP contribution >= 0.6 is 0 Å². The zero-order valence-electron chi connectivity index (χ0n) is 14.0. The van der Waals surface area contributed by atoms with Crippen LogP contribution in [0.2, 0.25) is 0 Å². The molecule has 2 atom stereocenters. The number of anilines is 1. The molecule has 2 aromatic rings. The summed E-state index contributed by atoms with van der Waals surface area (Å²) in [7, 11) is 3.46. The second-order valence-electron chi connectivity index (χ2n) is 6.02. The van der Waals surface area contributed by atoms with Crippen LogP contribution in [0.3, 0.4) is 0 Å². The number of likely N-dealkylation sites (N-methyl/N-ethyl adjacent to an activating group) is 1. The highest BCUT2D eigenvalue weighted by Crippen LogP contribution is 2.33. The van der Waals surface area contributed by atoms with Crippen molar-refractivity contribution >= 4 is 11.7 Å². The van der Waals surface area contributed by atoms with Gasteiger partial charge in [-0.1, -0.05) is 6.07 Å². The van der Waals surface area contributed by atoms with E-state index >= 15 is 0 Å². The van der Waals surface area contributed by atoms with Gasteiger partial charge in [-0.25, -0.2) is 8.78 Å². The SMILES string of the molecule is CNC(=O)c1ccc(N[C@H]2CCN(C)[C@@H]2c2ccc(F)c(F)c2)nn1. The second-order valence-corrected chi connectivity index (χ2v) is 6.02. The van der Waals surface area contributed by atoms with Gasteiger partial charge in [0.1, 0.15) is 5.82 Å². The lowest BCUT2D eigenvalue weighted by Gasteiger charge is -2.26. The first-order chi connectivity index (χ1) is 12.0. The van der Waals surface area contributed by atoms with Crippen LogP contribution in [0.15, 0.2) is 30.3 Å². The Kier molecular flexibility index (Phi) is 4.89. The van der Waals surface area contributed by atoms with Gasteiger partial charge in [-0.3, -0.25) is 9.69 Å². The van der Waals surface area contributed by atoms with Gasteiger partial charge in [-0.15, -0.1) is 10.2 Å². The quantitative estimate of drug-likeness (QED) is 0.885. The average molecular weight is 347 g/mol. The van der Waals surface area contributed by atoms with Crippen LogP contribution in [0.25, 0.3) is 0 Å². The fourth-order valence-corrected chi connectivity index (χ4v) is 3.13. The van der Waals surface area contributed by atoms with Crippen LogP contribution < -0.4 is 10.6 Å². The first-order valence-corrected chi connectivity index (χ1v) is 7.97. The minimum atomic E-state index is -0.857. The third-order valence-electron chi connectivity index (χ3n) is 4.39. The summed E-state index contributed by atoms with van der Waals surface area (Å²) in [5.74, 6) is -1.49. The van der Waals surface area contributed by atoms with Crippen molar-refractivity contribution in [2.75, 3.05) is 26.0 Å². The summed E-state index contributed by atoms with van der Waals surface area (Å²) in [6, 6.07) is 7.09. The van der Waals surface area contributed by atoms with E-state index in [0.717, 1.165) is 19.0 Å². The molecule has 132 valence electrons. The summed E-state index contributed by atoms with van der Waals surface area (Å²) in [5.41, 5.74) is 0.931. The van der Waals surface area contributed by atoms with Gasteiger partial charge in [0.2, 0.25) is 0 Å². The predicted molar refractivity (Wildman–Crippen MR) is 89.2 cm³/mol. The Morgan fingerprint density at radius 1 is 1.20 bits per heavy atom. The number of likely N-dealkylation sites (tertiary alicyclic amines) is 1. The molecule has 1 saturated heterocycles. The number of carbonyl (C=O) groups excluding carboxylic acids is 1. The number of aromatic nitrogens is 2. The monoisotopic (exact) mass is 347 g/mol. The molecule has 0 radical (unpaired) electrons. The first-order valence-electron chi connectivity index (χ1n) is 7.97. The summed E-state index contributed by atoms with van der Waals surface area (Å²) in [4.78, 5) is 13.6. The number of rotatable bonds is 4. The Hall–Kier alpha value is -2.61. The molecule has 0 saturated carbocycles. The summed E-state index contributed by atoms with van der Waals surface area (Å²) in [6.45, 7) is 0.811. The molecule has 25 heavy (non-hydrogen) atoms. The molecule has 0 bridgehead atoms. The normalized spacial score (nSPS) is 20.5. The molecular weight excluding hydrogens is 328 g/mol. The van der Waals surface area contributed by atoms with Gasteiger partial charge in [0.05, 0.1) is 6.04 Å². The standard InChI is InChI=1S/C17H19F2N5O/c1-20-17(25)14-5-6-15(23-22-14)21-13-7-8-24(2)16(13)10-3-4-11(18)12(19)9-10/h3-6,9,13,16H,7-8H2,1-2H3,(H,20,25)(H,21,23)/t13-,16+/m0/s1. The van der Waals surface area contributed by atoms with Crippen LogP contribution in [0.1, 0.15) is 28.5 Å². The van der Waals surface area contributed by atoms with Gasteiger partial charge < -0.3 is 10.6 Å². The third kappa shape index (κ3) is 3.58. The lowest BCUT2D eigenvalue weighted by Crippen LogP contribution is -2.29. The van der Waals surface area contributed by atoms with Crippen molar-refractivity contribution in [3.63, 3.8) is 0 Å². The Labute approximate surface area is 144 Å². The molecule has 6 nitrogen and oxygen atoms in total. The van der Waals surface area contributed by atoms with Crippen molar-refractivity contribution in [2.24, 2.45) is 0 Å². The Morgan fingerprint density at radius 2 is 2.00 bits per heavy atom. The predicted octanol–water partition coefficient (Wildman–Crippen LogP) is 1.97. The molecule has 1 aliphatic rings. The van der Waals surface area contributed by atoms with E-state index in [2.05, 4.69) is 25.7 Å². The summed E-state index contributed by atoms with van der Waals surface area (Å²) in [5, 5.41) is 13.7. The molecule has 1 aromatic carbocycles. The number of nitrogens with zero attached hydrogens (tertiary/aromatic N) is 3. The molecule has 1 aliphatic heterocycles. The molecule has 1 aromatic heterocycles. The Morgan fingerprint density at radius 3 is 2.64 bits per heavy atom. The van der Waals surface area contributed by atoms with Crippen molar-refractivity contribution in [3.8, 4) is 0 Å². The molecule has 3 rings (SSSR count). The lowest BCUT2D eigenvalue weighted by molar-refractivity contribution is 0.0957. The maximum Gasteiger partial charge on any atom is 0.271 e. The van der Waals surface area contributed by atoms with E-state index in [1.54, 1.807) is 18.2 Å². The van der Waals surface area contributed by atoms with Gasteiger partial charge in [0, 0.05) is 19.6 Å². The highest BCUT2D eigenvalue weighted by Gasteiger charge is 2.33. The Bertz CT molecular complexity index is 768. The van der Waals surface area contributed by atoms with Crippen LogP contribution in [0.5, 0.6) is 0 Å². The molecule has 0 spiro atoms. The molecule has 2 heterocycles. The van der Waals surface area contributed by atoms with Gasteiger partial charge in [-0.05, 0) is 43.3 Å². The van der Waals surface area contributed by atoms with E-state index < -0.39 is 11.6 Å². The van der Waals surface area contributed by atoms with Crippen LogP contribution in [-0.2, 0) is 0 Å². The fraction of sp³-hybridized carbons (Fsp3) is 0.353. The number of carbonyl (C=O) groups is 1. The van der Waals surface area contributed by atoms with E-state index in [1.165, 1.54) is 13.1 Å². The first kappa shape index (κ1) is 17.2. The molecule has 0 aliphatic carbocycles. The van der Waals surface area contributed by atoms with Gasteiger partial charge >= 0.3 is 0 Å². The zero-order valence-corrected chi connectivity index (χ0v) is 14.0. The third-order valence-corrected chi connectivity index (χ3v) is 4.39. The number of benzene rings is 1. The van der Waals surface area contributed by atoms with E-state index in [4.69, 9.17) is 0 Å². The zero-order chi connectivity index (χ0) is 18.0. The maximum atomic E-state index is 13.6. The van der Waals surface area contributed by atoms with Crippen LogP contribution in [0, 0.1) is 11.6 Å². The van der Waals surface area contributed by atoms with Gasteiger partial charge in [0.15, 0.2) is 17.3 Å². The van der Waals surface area contributed by atoms with E-state index in [-0.39, 0.29) is 23.7 Å². The molecule has 0 unspecified atom stereocenters. The summed E-state index contributed by atoms with van der Waals surface area (Å²) >= 11 is 0. The highest BCUT2D eigenvalue weighted by molar-refractivity contribution is 5.91. The topological polar surface area (TPSA) is 70.2 Å². The number of halogens is 2. The number of nitrogens with one attached hydrogen (secondary N) is 2. The lowest BCUT2D eigenvalue weighted by atomic mass is 10.00. The molecular formula is C17H19F2N5O. The number of amides is 1. The number of hydrogen-bond donors (Lipinski definition) is 2. The highest BCUT2D eigenvalue weighted by atomic mass is 19.2. The minimum Gasteiger partial charge on any atom is -0.364 e. The van der Waals surface area contributed by atoms with E-state index in [0.29, 0.717) is 11.4 Å². The van der Waals surface area contributed by atoms with Gasteiger partial charge in [-0.2, -0.15) is 0 Å². The van der Waals surface area contributed by atoms with E-state index in [9.17, 15) is 13.6 Å². The summed E-state index contributed by atoms with van der Waals surface area (Å²) in [6.07, 6.45) is 0.818. The molecule has 8 heteroatoms. The van der Waals surface area contributed by atoms with Gasteiger partial charge in [0.25, 0.3) is 5.91 Å². The number of hydrogen-bond acceptors (Lipinski definition) is 5. The molecule has 2 N–H and O–H groups in total. The van der Waals surface area contributed by atoms with Crippen LogP contribution in [0.4, 0.5) is 14.6 Å². The van der Waals surface area contributed by atoms with Crippen molar-refractivity contribution < 1.29 is 13.6 Å². The maximum absolute atomic E-state index is 13.6. The Balaban J connectivity index is 1.78. The van der Waals surface area contributed by atoms with Crippen molar-refractivity contribution in [3.05, 3.63) is 53.2 Å². The van der Waals surface area contributed by atoms with Crippen molar-refractivity contribution in [2.45, 2.75) is 18.5 Å².